The lowest BCUT2D eigenvalue weighted by atomic mass is 9.87. The van der Waals surface area contributed by atoms with Crippen LogP contribution >= 0.6 is 0 Å². The molecule has 0 amide bonds. The minimum Gasteiger partial charge on any atom is -0.390 e. The summed E-state index contributed by atoms with van der Waals surface area (Å²) in [4.78, 5) is 0. The summed E-state index contributed by atoms with van der Waals surface area (Å²) < 4.78 is 0. The first-order valence-corrected chi connectivity index (χ1v) is 10.9. The van der Waals surface area contributed by atoms with Crippen LogP contribution in [0.1, 0.15) is 136 Å². The largest absolute Gasteiger partial charge is 0.390 e. The van der Waals surface area contributed by atoms with Crippen molar-refractivity contribution in [3.8, 4) is 0 Å². The van der Waals surface area contributed by atoms with Crippen molar-refractivity contribution in [1.82, 2.24) is 0 Å². The van der Waals surface area contributed by atoms with E-state index in [0.717, 1.165) is 32.1 Å². The molecule has 0 spiro atoms. The van der Waals surface area contributed by atoms with Crippen molar-refractivity contribution >= 4 is 0 Å². The molecule has 0 aromatic rings. The lowest BCUT2D eigenvalue weighted by Gasteiger charge is -2.27. The van der Waals surface area contributed by atoms with Crippen molar-refractivity contribution in [1.29, 1.82) is 0 Å². The van der Waals surface area contributed by atoms with E-state index in [1.165, 1.54) is 83.5 Å². The van der Waals surface area contributed by atoms with Gasteiger partial charge in [0.05, 0.1) is 5.60 Å². The molecule has 0 saturated heterocycles. The minimum atomic E-state index is -0.360. The zero-order chi connectivity index (χ0) is 17.2. The Kier molecular flexibility index (Phi) is 16.8. The Morgan fingerprint density at radius 2 is 0.783 bits per heavy atom. The van der Waals surface area contributed by atoms with Gasteiger partial charge in [0.15, 0.2) is 0 Å². The molecule has 1 heteroatoms. The number of hydrogen-bond acceptors (Lipinski definition) is 1. The molecule has 1 nitrogen and oxygen atoms in total. The first-order chi connectivity index (χ1) is 11.2. The Labute approximate surface area is 147 Å². The summed E-state index contributed by atoms with van der Waals surface area (Å²) in [7, 11) is 0. The molecule has 0 rings (SSSR count). The maximum atomic E-state index is 10.6. The van der Waals surface area contributed by atoms with Crippen LogP contribution in [-0.2, 0) is 0 Å². The molecule has 140 valence electrons. The van der Waals surface area contributed by atoms with Crippen molar-refractivity contribution in [2.45, 2.75) is 142 Å². The fourth-order valence-corrected chi connectivity index (χ4v) is 3.78. The topological polar surface area (TPSA) is 20.2 Å². The van der Waals surface area contributed by atoms with Gasteiger partial charge in [-0.05, 0) is 19.3 Å². The quantitative estimate of drug-likeness (QED) is 0.255. The van der Waals surface area contributed by atoms with Crippen LogP contribution in [0.2, 0.25) is 0 Å². The Hall–Kier alpha value is -0.0400. The minimum absolute atomic E-state index is 0.360. The number of rotatable bonds is 18. The van der Waals surface area contributed by atoms with E-state index >= 15 is 0 Å². The van der Waals surface area contributed by atoms with Crippen molar-refractivity contribution in [3.63, 3.8) is 0 Å². The van der Waals surface area contributed by atoms with Crippen LogP contribution in [0.5, 0.6) is 0 Å². The van der Waals surface area contributed by atoms with Crippen LogP contribution in [0.25, 0.3) is 0 Å². The number of aliphatic hydroxyl groups is 1. The van der Waals surface area contributed by atoms with E-state index in [4.69, 9.17) is 0 Å². The number of unbranched alkanes of at least 4 members (excludes halogenated alkanes) is 12. The molecule has 0 fully saturated rings. The summed E-state index contributed by atoms with van der Waals surface area (Å²) in [5.41, 5.74) is -0.360. The van der Waals surface area contributed by atoms with Gasteiger partial charge in [0.25, 0.3) is 0 Å². The van der Waals surface area contributed by atoms with Gasteiger partial charge in [0.2, 0.25) is 0 Å². The molecule has 0 aliphatic heterocycles. The molecule has 0 bridgehead atoms. The molecule has 0 heterocycles. The van der Waals surface area contributed by atoms with Crippen LogP contribution in [0.15, 0.2) is 0 Å². The SMILES string of the molecule is CCCCCCCCCCCCCCCC(O)(CCC)CCC. The molecule has 0 aliphatic carbocycles. The molecule has 0 saturated carbocycles. The van der Waals surface area contributed by atoms with Crippen LogP contribution < -0.4 is 0 Å². The fraction of sp³-hybridized carbons (Fsp3) is 1.00. The molecule has 23 heavy (non-hydrogen) atoms. The highest BCUT2D eigenvalue weighted by molar-refractivity contribution is 4.77. The van der Waals surface area contributed by atoms with E-state index in [2.05, 4.69) is 20.8 Å². The van der Waals surface area contributed by atoms with Crippen molar-refractivity contribution in [2.24, 2.45) is 0 Å². The zero-order valence-electron chi connectivity index (χ0n) is 16.7. The van der Waals surface area contributed by atoms with Gasteiger partial charge in [0.1, 0.15) is 0 Å². The van der Waals surface area contributed by atoms with E-state index in [1.54, 1.807) is 0 Å². The predicted molar refractivity (Wildman–Crippen MR) is 105 cm³/mol. The normalized spacial score (nSPS) is 12.0. The summed E-state index contributed by atoms with van der Waals surface area (Å²) in [5, 5.41) is 10.6. The average Bonchev–Trinajstić information content (AvgIpc) is 2.52. The van der Waals surface area contributed by atoms with E-state index in [0.29, 0.717) is 0 Å². The van der Waals surface area contributed by atoms with Crippen LogP contribution in [0.4, 0.5) is 0 Å². The smallest absolute Gasteiger partial charge is 0.0647 e. The average molecular weight is 327 g/mol. The molecule has 0 unspecified atom stereocenters. The first-order valence-electron chi connectivity index (χ1n) is 10.9. The summed E-state index contributed by atoms with van der Waals surface area (Å²) >= 11 is 0. The summed E-state index contributed by atoms with van der Waals surface area (Å²) in [5.74, 6) is 0. The zero-order valence-corrected chi connectivity index (χ0v) is 16.7. The molecule has 0 atom stereocenters. The lowest BCUT2D eigenvalue weighted by Crippen LogP contribution is -2.28. The van der Waals surface area contributed by atoms with E-state index in [1.807, 2.05) is 0 Å². The van der Waals surface area contributed by atoms with E-state index < -0.39 is 0 Å². The second-order valence-corrected chi connectivity index (χ2v) is 7.72. The van der Waals surface area contributed by atoms with Gasteiger partial charge in [0, 0.05) is 0 Å². The predicted octanol–water partition coefficient (Wildman–Crippen LogP) is 7.80. The Morgan fingerprint density at radius 1 is 0.435 bits per heavy atom. The monoisotopic (exact) mass is 326 g/mol. The highest BCUT2D eigenvalue weighted by Crippen LogP contribution is 2.26. The maximum absolute atomic E-state index is 10.6. The van der Waals surface area contributed by atoms with Gasteiger partial charge in [-0.25, -0.2) is 0 Å². The summed E-state index contributed by atoms with van der Waals surface area (Å²) in [6, 6.07) is 0. The van der Waals surface area contributed by atoms with Gasteiger partial charge in [-0.15, -0.1) is 0 Å². The highest BCUT2D eigenvalue weighted by atomic mass is 16.3. The van der Waals surface area contributed by atoms with Crippen LogP contribution in [0.3, 0.4) is 0 Å². The van der Waals surface area contributed by atoms with Gasteiger partial charge < -0.3 is 5.11 Å². The molecule has 0 aromatic carbocycles. The molecular weight excluding hydrogens is 280 g/mol. The summed E-state index contributed by atoms with van der Waals surface area (Å²) in [6.07, 6.45) is 23.4. The van der Waals surface area contributed by atoms with Crippen LogP contribution in [0, 0.1) is 0 Å². The summed E-state index contributed by atoms with van der Waals surface area (Å²) in [6.45, 7) is 6.66. The van der Waals surface area contributed by atoms with Crippen LogP contribution in [-0.4, -0.2) is 10.7 Å². The first kappa shape index (κ1) is 23.0. The van der Waals surface area contributed by atoms with Crippen molar-refractivity contribution in [3.05, 3.63) is 0 Å². The van der Waals surface area contributed by atoms with Gasteiger partial charge in [-0.3, -0.25) is 0 Å². The molecule has 0 radical (unpaired) electrons. The third-order valence-electron chi connectivity index (χ3n) is 5.18. The Balaban J connectivity index is 3.32. The van der Waals surface area contributed by atoms with Gasteiger partial charge in [-0.2, -0.15) is 0 Å². The molecule has 1 N–H and O–H groups in total. The van der Waals surface area contributed by atoms with Crippen molar-refractivity contribution < 1.29 is 5.11 Å². The van der Waals surface area contributed by atoms with E-state index in [-0.39, 0.29) is 5.60 Å². The maximum Gasteiger partial charge on any atom is 0.0647 e. The molecular formula is C22H46O. The second kappa shape index (κ2) is 16.8. The van der Waals surface area contributed by atoms with Crippen molar-refractivity contribution in [2.75, 3.05) is 0 Å². The Bertz CT molecular complexity index is 218. The number of hydrogen-bond donors (Lipinski definition) is 1. The Morgan fingerprint density at radius 3 is 1.13 bits per heavy atom. The molecule has 0 aromatic heterocycles. The molecule has 0 aliphatic rings. The highest BCUT2D eigenvalue weighted by Gasteiger charge is 2.23. The standard InChI is InChI=1S/C22H46O/c1-4-7-8-9-10-11-12-13-14-15-16-17-18-21-22(23,19-5-2)20-6-3/h23H,4-21H2,1-3H3. The van der Waals surface area contributed by atoms with Gasteiger partial charge in [-0.1, -0.05) is 117 Å². The third kappa shape index (κ3) is 15.2. The third-order valence-corrected chi connectivity index (χ3v) is 5.18. The van der Waals surface area contributed by atoms with E-state index in [9.17, 15) is 5.11 Å². The van der Waals surface area contributed by atoms with Gasteiger partial charge >= 0.3 is 0 Å². The lowest BCUT2D eigenvalue weighted by molar-refractivity contribution is 0.0105. The fourth-order valence-electron chi connectivity index (χ4n) is 3.78. The second-order valence-electron chi connectivity index (χ2n) is 7.72.